The van der Waals surface area contributed by atoms with E-state index in [0.29, 0.717) is 12.8 Å². The molecule has 35 heavy (non-hydrogen) atoms. The van der Waals surface area contributed by atoms with Crippen LogP contribution in [-0.4, -0.2) is 40.8 Å². The Morgan fingerprint density at radius 3 is 1.49 bits per heavy atom. The minimum atomic E-state index is -0.810. The van der Waals surface area contributed by atoms with Crippen LogP contribution in [0.15, 0.2) is 60.7 Å². The van der Waals surface area contributed by atoms with Gasteiger partial charge in [-0.05, 0) is 35.8 Å². The van der Waals surface area contributed by atoms with Gasteiger partial charge in [0.25, 0.3) is 0 Å². The quantitative estimate of drug-likeness (QED) is 0.186. The Kier molecular flexibility index (Phi) is 14.5. The third kappa shape index (κ3) is 12.0. The van der Waals surface area contributed by atoms with Crippen LogP contribution in [0.1, 0.15) is 57.8 Å². The zero-order valence-electron chi connectivity index (χ0n) is 20.9. The molecule has 4 atom stereocenters. The van der Waals surface area contributed by atoms with Gasteiger partial charge in [0.15, 0.2) is 6.10 Å². The van der Waals surface area contributed by atoms with Crippen molar-refractivity contribution in [1.29, 1.82) is 0 Å². The van der Waals surface area contributed by atoms with Gasteiger partial charge in [0.05, 0.1) is 25.0 Å². The molecule has 0 aromatic heterocycles. The molecule has 0 saturated heterocycles. The number of benzene rings is 2. The average Bonchev–Trinajstić information content (AvgIpc) is 2.84. The van der Waals surface area contributed by atoms with Crippen molar-refractivity contribution < 1.29 is 39.7 Å². The molecule has 0 aliphatic heterocycles. The normalized spacial score (nSPS) is 14.3. The van der Waals surface area contributed by atoms with E-state index in [0.717, 1.165) is 11.1 Å². The van der Waals surface area contributed by atoms with Crippen LogP contribution in [0.2, 0.25) is 0 Å². The molecule has 0 bridgehead atoms. The highest BCUT2D eigenvalue weighted by Crippen LogP contribution is 2.28. The number of rotatable bonds is 13. The summed E-state index contributed by atoms with van der Waals surface area (Å²) in [5.41, 5.74) is 1.88. The maximum Gasteiger partial charge on any atom is 0.309 e. The Labute approximate surface area is 207 Å². The first-order valence-electron chi connectivity index (χ1n) is 11.7. The van der Waals surface area contributed by atoms with Crippen molar-refractivity contribution in [2.45, 2.75) is 46.6 Å². The SMILES string of the molecule is CC(COO)CC(C)C(=O)O.CC(COO)CC(C)C(=O)OC(c1ccccc1)c1ccccc1. The summed E-state index contributed by atoms with van der Waals surface area (Å²) in [5, 5.41) is 25.1. The van der Waals surface area contributed by atoms with Gasteiger partial charge in [-0.3, -0.25) is 20.1 Å². The van der Waals surface area contributed by atoms with Crippen LogP contribution < -0.4 is 0 Å². The lowest BCUT2D eigenvalue weighted by Gasteiger charge is -2.22. The molecule has 0 amide bonds. The van der Waals surface area contributed by atoms with Crippen molar-refractivity contribution in [2.24, 2.45) is 23.7 Å². The molecule has 2 aromatic rings. The van der Waals surface area contributed by atoms with Gasteiger partial charge in [-0.25, -0.2) is 9.78 Å². The predicted octanol–water partition coefficient (Wildman–Crippen LogP) is 5.69. The zero-order valence-corrected chi connectivity index (χ0v) is 20.9. The predicted molar refractivity (Wildman–Crippen MR) is 132 cm³/mol. The van der Waals surface area contributed by atoms with Gasteiger partial charge in [0, 0.05) is 0 Å². The molecule has 4 unspecified atom stereocenters. The van der Waals surface area contributed by atoms with Crippen molar-refractivity contribution in [3.63, 3.8) is 0 Å². The fourth-order valence-electron chi connectivity index (χ4n) is 3.61. The smallest absolute Gasteiger partial charge is 0.309 e. The largest absolute Gasteiger partial charge is 0.481 e. The number of hydrogen-bond acceptors (Lipinski definition) is 7. The van der Waals surface area contributed by atoms with E-state index in [9.17, 15) is 9.59 Å². The van der Waals surface area contributed by atoms with E-state index in [1.807, 2.05) is 81.4 Å². The van der Waals surface area contributed by atoms with Crippen LogP contribution in [0.4, 0.5) is 0 Å². The number of esters is 1. The maximum absolute atomic E-state index is 12.5. The summed E-state index contributed by atoms with van der Waals surface area (Å²) in [6, 6.07) is 19.4. The minimum absolute atomic E-state index is 0.0736. The summed E-state index contributed by atoms with van der Waals surface area (Å²) >= 11 is 0. The van der Waals surface area contributed by atoms with E-state index < -0.39 is 12.1 Å². The first kappa shape index (κ1) is 30.3. The highest BCUT2D eigenvalue weighted by Gasteiger charge is 2.24. The summed E-state index contributed by atoms with van der Waals surface area (Å²) in [5.74, 6) is -1.56. The molecule has 8 heteroatoms. The summed E-state index contributed by atoms with van der Waals surface area (Å²) in [6.07, 6.45) is 0.692. The monoisotopic (exact) mass is 490 g/mol. The third-order valence-electron chi connectivity index (χ3n) is 5.49. The van der Waals surface area contributed by atoms with Crippen LogP contribution in [0.25, 0.3) is 0 Å². The maximum atomic E-state index is 12.5. The van der Waals surface area contributed by atoms with Crippen LogP contribution in [0, 0.1) is 23.7 Å². The standard InChI is InChI=1S/C20H24O4.C7H14O4/c1-15(14-23-22)13-16(2)20(21)24-19(17-9-5-3-6-10-17)18-11-7-4-8-12-18;1-5(4-11-10)3-6(2)7(8)9/h3-12,15-16,19,22H,13-14H2,1-2H3;5-6,10H,3-4H2,1-2H3,(H,8,9). The Morgan fingerprint density at radius 1 is 0.714 bits per heavy atom. The lowest BCUT2D eigenvalue weighted by atomic mass is 9.97. The fourth-order valence-corrected chi connectivity index (χ4v) is 3.61. The number of ether oxygens (including phenoxy) is 1. The summed E-state index contributed by atoms with van der Waals surface area (Å²) in [4.78, 5) is 30.9. The van der Waals surface area contributed by atoms with Gasteiger partial charge in [-0.15, -0.1) is 0 Å². The number of carboxylic acids is 1. The summed E-state index contributed by atoms with van der Waals surface area (Å²) in [6.45, 7) is 7.62. The first-order valence-corrected chi connectivity index (χ1v) is 11.7. The highest BCUT2D eigenvalue weighted by atomic mass is 17.1. The summed E-state index contributed by atoms with van der Waals surface area (Å²) in [7, 11) is 0. The minimum Gasteiger partial charge on any atom is -0.481 e. The molecule has 8 nitrogen and oxygen atoms in total. The third-order valence-corrected chi connectivity index (χ3v) is 5.49. The van der Waals surface area contributed by atoms with Gasteiger partial charge in [-0.2, -0.15) is 0 Å². The number of hydrogen-bond donors (Lipinski definition) is 3. The van der Waals surface area contributed by atoms with E-state index in [2.05, 4.69) is 9.78 Å². The molecule has 0 aliphatic rings. The Hall–Kier alpha value is -2.78. The zero-order chi connectivity index (χ0) is 26.2. The van der Waals surface area contributed by atoms with Gasteiger partial charge in [-0.1, -0.05) is 88.4 Å². The van der Waals surface area contributed by atoms with Crippen LogP contribution >= 0.6 is 0 Å². The van der Waals surface area contributed by atoms with Gasteiger partial charge >= 0.3 is 11.9 Å². The summed E-state index contributed by atoms with van der Waals surface area (Å²) < 4.78 is 5.82. The molecular formula is C27H38O8. The molecule has 3 N–H and O–H groups in total. The first-order chi connectivity index (χ1) is 16.7. The molecule has 194 valence electrons. The van der Waals surface area contributed by atoms with E-state index in [1.54, 1.807) is 6.92 Å². The molecule has 2 aromatic carbocycles. The molecule has 0 fully saturated rings. The Balaban J connectivity index is 0.000000471. The molecule has 0 aliphatic carbocycles. The molecule has 0 heterocycles. The molecule has 0 radical (unpaired) electrons. The van der Waals surface area contributed by atoms with Crippen LogP contribution in [0.5, 0.6) is 0 Å². The molecule has 0 saturated carbocycles. The Bertz CT molecular complexity index is 803. The molecule has 2 rings (SSSR count). The van der Waals surface area contributed by atoms with Crippen LogP contribution in [0.3, 0.4) is 0 Å². The van der Waals surface area contributed by atoms with Crippen molar-refractivity contribution in [2.75, 3.05) is 13.2 Å². The average molecular weight is 491 g/mol. The fraction of sp³-hybridized carbons (Fsp3) is 0.481. The lowest BCUT2D eigenvalue weighted by molar-refractivity contribution is -0.250. The van der Waals surface area contributed by atoms with Gasteiger partial charge < -0.3 is 9.84 Å². The van der Waals surface area contributed by atoms with Crippen molar-refractivity contribution in [1.82, 2.24) is 0 Å². The highest BCUT2D eigenvalue weighted by molar-refractivity contribution is 5.72. The van der Waals surface area contributed by atoms with Crippen LogP contribution in [-0.2, 0) is 24.1 Å². The Morgan fingerprint density at radius 2 is 1.11 bits per heavy atom. The lowest BCUT2D eigenvalue weighted by Crippen LogP contribution is -2.21. The van der Waals surface area contributed by atoms with E-state index >= 15 is 0 Å². The second-order valence-electron chi connectivity index (χ2n) is 9.05. The number of carboxylic acid groups (broad SMARTS) is 1. The van der Waals surface area contributed by atoms with Crippen molar-refractivity contribution in [3.05, 3.63) is 71.8 Å². The van der Waals surface area contributed by atoms with Crippen molar-refractivity contribution in [3.8, 4) is 0 Å². The van der Waals surface area contributed by atoms with Gasteiger partial charge in [0.2, 0.25) is 0 Å². The molecular weight excluding hydrogens is 452 g/mol. The molecule has 0 spiro atoms. The number of carbonyl (C=O) groups excluding carboxylic acids is 1. The number of aliphatic carboxylic acids is 1. The second kappa shape index (κ2) is 16.8. The second-order valence-corrected chi connectivity index (χ2v) is 9.05. The van der Waals surface area contributed by atoms with E-state index in [1.165, 1.54) is 0 Å². The topological polar surface area (TPSA) is 123 Å². The van der Waals surface area contributed by atoms with E-state index in [4.69, 9.17) is 20.4 Å². The van der Waals surface area contributed by atoms with Crippen molar-refractivity contribution >= 4 is 11.9 Å². The van der Waals surface area contributed by atoms with Gasteiger partial charge in [0.1, 0.15) is 0 Å². The van der Waals surface area contributed by atoms with E-state index in [-0.39, 0.29) is 42.9 Å². The number of carbonyl (C=O) groups is 2.